The van der Waals surface area contributed by atoms with Gasteiger partial charge in [0, 0.05) is 6.42 Å². The molecule has 0 unspecified atom stereocenters. The van der Waals surface area contributed by atoms with Gasteiger partial charge in [-0.05, 0) is 0 Å². The van der Waals surface area contributed by atoms with Crippen LogP contribution in [-0.4, -0.2) is 48.8 Å². The Morgan fingerprint density at radius 2 is 2.00 bits per heavy atom. The van der Waals surface area contributed by atoms with Crippen molar-refractivity contribution in [3.63, 3.8) is 0 Å². The summed E-state index contributed by atoms with van der Waals surface area (Å²) in [4.78, 5) is 9.37. The number of rotatable bonds is 1. The molecule has 0 saturated carbocycles. The molecule has 0 radical (unpaired) electrons. The minimum atomic E-state index is -0.745. The van der Waals surface area contributed by atoms with Crippen molar-refractivity contribution in [3.8, 4) is 0 Å². The van der Waals surface area contributed by atoms with Crippen molar-refractivity contribution >= 4 is 43.7 Å². The molecule has 0 aromatic heterocycles. The summed E-state index contributed by atoms with van der Waals surface area (Å²) in [5, 5.41) is 7.72. The van der Waals surface area contributed by atoms with E-state index in [9.17, 15) is 4.79 Å². The summed E-state index contributed by atoms with van der Waals surface area (Å²) in [7, 11) is 0. The molecule has 1 N–H and O–H groups in total. The Balaban J connectivity index is -0.00000000800. The van der Waals surface area contributed by atoms with E-state index in [0.29, 0.717) is 0 Å². The normalized spacial score (nSPS) is 5.29. The van der Waals surface area contributed by atoms with Crippen LogP contribution < -0.4 is 29.6 Å². The Labute approximate surface area is 99.4 Å². The van der Waals surface area contributed by atoms with E-state index in [1.54, 1.807) is 6.92 Å². The molecule has 0 amide bonds. The number of aliphatic carboxylic acids is 1. The number of hydrogen-bond acceptors (Lipinski definition) is 1. The summed E-state index contributed by atoms with van der Waals surface area (Å²) < 4.78 is 0. The van der Waals surface area contributed by atoms with Gasteiger partial charge in [0.1, 0.15) is 0 Å². The quantitative estimate of drug-likeness (QED) is 0.407. The molecule has 2 nitrogen and oxygen atoms in total. The number of hydrogen-bond donors (Lipinski definition) is 1. The van der Waals surface area contributed by atoms with Crippen LogP contribution in [0.4, 0.5) is 0 Å². The third-order valence-electron chi connectivity index (χ3n) is 0.302. The molecule has 0 aliphatic rings. The van der Waals surface area contributed by atoms with Crippen LogP contribution in [0.5, 0.6) is 0 Å². The van der Waals surface area contributed by atoms with Crippen LogP contribution in [0.15, 0.2) is 0 Å². The monoisotopic (exact) mass is 140 g/mol. The molecule has 0 saturated heterocycles. The third-order valence-corrected chi connectivity index (χ3v) is 0.302. The van der Waals surface area contributed by atoms with Gasteiger partial charge in [0.2, 0.25) is 0 Å². The van der Waals surface area contributed by atoms with Gasteiger partial charge in [-0.2, -0.15) is 0 Å². The van der Waals surface area contributed by atoms with Gasteiger partial charge in [0.15, 0.2) is 0 Å². The van der Waals surface area contributed by atoms with E-state index < -0.39 is 5.97 Å². The fourth-order valence-corrected chi connectivity index (χ4v) is 0. The topological polar surface area (TPSA) is 37.3 Å². The summed E-state index contributed by atoms with van der Waals surface area (Å²) in [6.07, 6.45) is 0.222. The maximum absolute atomic E-state index is 9.37. The Kier molecular flexibility index (Phi) is 24.2. The molecule has 0 fully saturated rings. The standard InChI is InChI=1S/C3H6O2.Ca.Na.3H/c1-2-3(4)5;;;;;/h2H2,1H3,(H,4,5);;;;;/q;+2;+1;3*-1. The zero-order valence-electron chi connectivity index (χ0n) is 7.77. The molecule has 0 atom stereocenters. The van der Waals surface area contributed by atoms with E-state index in [1.165, 1.54) is 0 Å². The van der Waals surface area contributed by atoms with E-state index in [1.807, 2.05) is 0 Å². The maximum Gasteiger partial charge on any atom is 2.00 e. The Morgan fingerprint density at radius 1 is 1.86 bits per heavy atom. The SMILES string of the molecule is CCC(=O)O.[Ca+2].[H-].[H-].[H-].[Na+]. The molecule has 0 aliphatic heterocycles. The van der Waals surface area contributed by atoms with Crippen LogP contribution in [0.25, 0.3) is 0 Å². The van der Waals surface area contributed by atoms with E-state index in [-0.39, 0.29) is 78.0 Å². The Hall–Kier alpha value is 1.73. The molecular formula is C3H9CaNaO2. The van der Waals surface area contributed by atoms with Crippen molar-refractivity contribution in [2.45, 2.75) is 13.3 Å². The zero-order valence-corrected chi connectivity index (χ0v) is 8.98. The summed E-state index contributed by atoms with van der Waals surface area (Å²) in [6.45, 7) is 1.60. The van der Waals surface area contributed by atoms with Gasteiger partial charge < -0.3 is 9.39 Å². The van der Waals surface area contributed by atoms with Crippen LogP contribution in [0, 0.1) is 0 Å². The Bertz CT molecular complexity index is 57.0. The molecular weight excluding hydrogens is 131 g/mol. The largest absolute Gasteiger partial charge is 2.00 e. The van der Waals surface area contributed by atoms with Gasteiger partial charge in [0.25, 0.3) is 0 Å². The predicted molar refractivity (Wildman–Crippen MR) is 27.0 cm³/mol. The molecule has 0 heterocycles. The summed E-state index contributed by atoms with van der Waals surface area (Å²) in [6, 6.07) is 0. The van der Waals surface area contributed by atoms with E-state index in [4.69, 9.17) is 5.11 Å². The fourth-order valence-electron chi connectivity index (χ4n) is 0. The molecule has 0 aromatic rings. The molecule has 0 bridgehead atoms. The Morgan fingerprint density at radius 3 is 2.00 bits per heavy atom. The van der Waals surface area contributed by atoms with Gasteiger partial charge in [-0.1, -0.05) is 6.92 Å². The first-order chi connectivity index (χ1) is 2.27. The average Bonchev–Trinajstić information content (AvgIpc) is 1.38. The van der Waals surface area contributed by atoms with E-state index >= 15 is 0 Å². The summed E-state index contributed by atoms with van der Waals surface area (Å²) >= 11 is 0. The van der Waals surface area contributed by atoms with Crippen LogP contribution in [-0.2, 0) is 4.79 Å². The molecule has 0 rings (SSSR count). The maximum atomic E-state index is 9.37. The van der Waals surface area contributed by atoms with E-state index in [0.717, 1.165) is 0 Å². The first kappa shape index (κ1) is 15.9. The van der Waals surface area contributed by atoms with Crippen molar-refractivity contribution in [1.82, 2.24) is 0 Å². The molecule has 7 heavy (non-hydrogen) atoms. The number of carbonyl (C=O) groups is 1. The van der Waals surface area contributed by atoms with Gasteiger partial charge in [-0.25, -0.2) is 0 Å². The van der Waals surface area contributed by atoms with Crippen molar-refractivity contribution in [2.24, 2.45) is 0 Å². The minimum Gasteiger partial charge on any atom is -1.00 e. The van der Waals surface area contributed by atoms with Gasteiger partial charge in [-0.15, -0.1) is 0 Å². The number of carboxylic acids is 1. The summed E-state index contributed by atoms with van der Waals surface area (Å²) in [5.41, 5.74) is 0. The van der Waals surface area contributed by atoms with Gasteiger partial charge in [0.05, 0.1) is 0 Å². The van der Waals surface area contributed by atoms with E-state index in [2.05, 4.69) is 0 Å². The van der Waals surface area contributed by atoms with Crippen molar-refractivity contribution in [3.05, 3.63) is 0 Å². The first-order valence-corrected chi connectivity index (χ1v) is 1.49. The van der Waals surface area contributed by atoms with Gasteiger partial charge >= 0.3 is 73.3 Å². The second-order valence-electron chi connectivity index (χ2n) is 0.747. The second-order valence-corrected chi connectivity index (χ2v) is 0.747. The number of carboxylic acid groups (broad SMARTS) is 1. The second kappa shape index (κ2) is 10.7. The predicted octanol–water partition coefficient (Wildman–Crippen LogP) is -2.56. The fraction of sp³-hybridized carbons (Fsp3) is 0.667. The molecule has 36 valence electrons. The van der Waals surface area contributed by atoms with Crippen LogP contribution >= 0.6 is 0 Å². The average molecular weight is 140 g/mol. The molecule has 0 aliphatic carbocycles. The third kappa shape index (κ3) is 18.2. The van der Waals surface area contributed by atoms with Crippen LogP contribution in [0.1, 0.15) is 17.6 Å². The molecule has 4 heteroatoms. The van der Waals surface area contributed by atoms with Gasteiger partial charge in [-0.3, -0.25) is 4.79 Å². The molecule has 0 spiro atoms. The zero-order chi connectivity index (χ0) is 4.28. The smallest absolute Gasteiger partial charge is 1.00 e. The van der Waals surface area contributed by atoms with Crippen molar-refractivity contribution < 1.29 is 43.7 Å². The minimum absolute atomic E-state index is 0. The van der Waals surface area contributed by atoms with Crippen LogP contribution in [0.2, 0.25) is 0 Å². The van der Waals surface area contributed by atoms with Crippen molar-refractivity contribution in [2.75, 3.05) is 0 Å². The first-order valence-electron chi connectivity index (χ1n) is 1.49. The van der Waals surface area contributed by atoms with Crippen molar-refractivity contribution in [1.29, 1.82) is 0 Å². The summed E-state index contributed by atoms with van der Waals surface area (Å²) in [5.74, 6) is -0.745. The van der Waals surface area contributed by atoms with Crippen LogP contribution in [0.3, 0.4) is 0 Å². The molecule has 0 aromatic carbocycles.